The molecule has 21 heavy (non-hydrogen) atoms. The largest absolute Gasteiger partial charge is 0.346 e. The Hall–Kier alpha value is -2.35. The molecule has 0 aliphatic carbocycles. The third-order valence-electron chi connectivity index (χ3n) is 3.70. The quantitative estimate of drug-likeness (QED) is 0.727. The van der Waals surface area contributed by atoms with Crippen LogP contribution in [0.15, 0.2) is 60.7 Å². The van der Waals surface area contributed by atoms with E-state index < -0.39 is 0 Å². The molecule has 2 nitrogen and oxygen atoms in total. The molecule has 1 aromatic heterocycles. The van der Waals surface area contributed by atoms with Crippen molar-refractivity contribution in [1.29, 1.82) is 0 Å². The zero-order chi connectivity index (χ0) is 14.5. The van der Waals surface area contributed by atoms with E-state index in [9.17, 15) is 0 Å². The van der Waals surface area contributed by atoms with Crippen LogP contribution >= 0.6 is 0 Å². The van der Waals surface area contributed by atoms with E-state index in [1.54, 1.807) is 0 Å². The van der Waals surface area contributed by atoms with E-state index in [1.165, 1.54) is 11.1 Å². The third kappa shape index (κ3) is 3.40. The number of H-pyrrole nitrogens is 1. The first-order valence-electron chi connectivity index (χ1n) is 7.48. The molecule has 0 amide bonds. The second-order valence-corrected chi connectivity index (χ2v) is 5.36. The lowest BCUT2D eigenvalue weighted by atomic mass is 10.1. The first kappa shape index (κ1) is 13.6. The topological polar surface area (TPSA) is 28.7 Å². The summed E-state index contributed by atoms with van der Waals surface area (Å²) in [6.45, 7) is 2.09. The fourth-order valence-corrected chi connectivity index (χ4v) is 2.62. The Kier molecular flexibility index (Phi) is 4.15. The molecule has 1 heterocycles. The Labute approximate surface area is 125 Å². The van der Waals surface area contributed by atoms with Crippen LogP contribution in [0.5, 0.6) is 0 Å². The van der Waals surface area contributed by atoms with Crippen LogP contribution in [0.4, 0.5) is 0 Å². The predicted octanol–water partition coefficient (Wildman–Crippen LogP) is 4.56. The van der Waals surface area contributed by atoms with Gasteiger partial charge in [0.2, 0.25) is 0 Å². The fourth-order valence-electron chi connectivity index (χ4n) is 2.62. The van der Waals surface area contributed by atoms with Gasteiger partial charge < -0.3 is 4.98 Å². The number of imidazole rings is 1. The number of aromatic amines is 1. The second-order valence-electron chi connectivity index (χ2n) is 5.36. The number of aromatic nitrogens is 2. The van der Waals surface area contributed by atoms with Gasteiger partial charge in [0.05, 0.1) is 5.69 Å². The van der Waals surface area contributed by atoms with Crippen molar-refractivity contribution in [1.82, 2.24) is 9.97 Å². The van der Waals surface area contributed by atoms with Crippen LogP contribution in [-0.4, -0.2) is 9.97 Å². The van der Waals surface area contributed by atoms with E-state index in [0.29, 0.717) is 0 Å². The molecule has 0 aliphatic rings. The van der Waals surface area contributed by atoms with E-state index >= 15 is 0 Å². The van der Waals surface area contributed by atoms with Crippen molar-refractivity contribution in [2.75, 3.05) is 0 Å². The number of benzene rings is 2. The molecule has 0 spiro atoms. The lowest BCUT2D eigenvalue weighted by Gasteiger charge is -1.99. The Morgan fingerprint density at radius 1 is 0.857 bits per heavy atom. The summed E-state index contributed by atoms with van der Waals surface area (Å²) in [5.41, 5.74) is 4.80. The first-order valence-corrected chi connectivity index (χ1v) is 7.48. The molecular weight excluding hydrogens is 256 g/mol. The second kappa shape index (κ2) is 6.40. The maximum Gasteiger partial charge on any atom is 0.106 e. The SMILES string of the molecule is Cc1[nH]c(CCCc2ccccc2)nc1-c1ccccc1. The Morgan fingerprint density at radius 3 is 2.24 bits per heavy atom. The molecule has 0 bridgehead atoms. The number of aryl methyl sites for hydroxylation is 3. The molecule has 2 aromatic carbocycles. The molecule has 0 atom stereocenters. The lowest BCUT2D eigenvalue weighted by molar-refractivity contribution is 0.782. The van der Waals surface area contributed by atoms with E-state index in [1.807, 2.05) is 6.07 Å². The summed E-state index contributed by atoms with van der Waals surface area (Å²) >= 11 is 0. The van der Waals surface area contributed by atoms with Crippen molar-refractivity contribution >= 4 is 0 Å². The molecule has 0 radical (unpaired) electrons. The Morgan fingerprint density at radius 2 is 1.52 bits per heavy atom. The standard InChI is InChI=1S/C19H20N2/c1-15-19(17-12-6-3-7-13-17)21-18(20-15)14-8-11-16-9-4-2-5-10-16/h2-7,9-10,12-13H,8,11,14H2,1H3,(H,20,21). The highest BCUT2D eigenvalue weighted by atomic mass is 14.9. The summed E-state index contributed by atoms with van der Waals surface area (Å²) in [4.78, 5) is 8.17. The van der Waals surface area contributed by atoms with Crippen LogP contribution in [0.2, 0.25) is 0 Å². The van der Waals surface area contributed by atoms with Crippen molar-refractivity contribution < 1.29 is 0 Å². The van der Waals surface area contributed by atoms with E-state index in [2.05, 4.69) is 66.5 Å². The molecule has 0 unspecified atom stereocenters. The van der Waals surface area contributed by atoms with Crippen molar-refractivity contribution in [2.24, 2.45) is 0 Å². The number of nitrogens with zero attached hydrogens (tertiary/aromatic N) is 1. The summed E-state index contributed by atoms with van der Waals surface area (Å²) < 4.78 is 0. The Balaban J connectivity index is 1.65. The number of hydrogen-bond donors (Lipinski definition) is 1. The lowest BCUT2D eigenvalue weighted by Crippen LogP contribution is -1.92. The molecule has 106 valence electrons. The number of hydrogen-bond acceptors (Lipinski definition) is 1. The fraction of sp³-hybridized carbons (Fsp3) is 0.211. The highest BCUT2D eigenvalue weighted by molar-refractivity contribution is 5.61. The molecule has 2 heteroatoms. The van der Waals surface area contributed by atoms with Crippen LogP contribution in [0.1, 0.15) is 23.5 Å². The van der Waals surface area contributed by atoms with Gasteiger partial charge >= 0.3 is 0 Å². The van der Waals surface area contributed by atoms with Gasteiger partial charge in [-0.15, -0.1) is 0 Å². The highest BCUT2D eigenvalue weighted by Gasteiger charge is 2.08. The van der Waals surface area contributed by atoms with Crippen LogP contribution in [0, 0.1) is 6.92 Å². The maximum absolute atomic E-state index is 4.76. The smallest absolute Gasteiger partial charge is 0.106 e. The minimum Gasteiger partial charge on any atom is -0.346 e. The van der Waals surface area contributed by atoms with Gasteiger partial charge in [-0.2, -0.15) is 0 Å². The normalized spacial score (nSPS) is 10.7. The van der Waals surface area contributed by atoms with Gasteiger partial charge in [0.25, 0.3) is 0 Å². The van der Waals surface area contributed by atoms with Crippen LogP contribution in [0.3, 0.4) is 0 Å². The molecule has 0 fully saturated rings. The molecule has 0 saturated carbocycles. The summed E-state index contributed by atoms with van der Waals surface area (Å²) in [6.07, 6.45) is 3.20. The summed E-state index contributed by atoms with van der Waals surface area (Å²) in [5, 5.41) is 0. The third-order valence-corrected chi connectivity index (χ3v) is 3.70. The summed E-state index contributed by atoms with van der Waals surface area (Å²) in [7, 11) is 0. The molecule has 3 aromatic rings. The average molecular weight is 276 g/mol. The van der Waals surface area contributed by atoms with Crippen LogP contribution < -0.4 is 0 Å². The van der Waals surface area contributed by atoms with Crippen molar-refractivity contribution in [3.8, 4) is 11.3 Å². The van der Waals surface area contributed by atoms with Crippen LogP contribution in [-0.2, 0) is 12.8 Å². The molecular formula is C19H20N2. The van der Waals surface area contributed by atoms with Crippen LogP contribution in [0.25, 0.3) is 11.3 Å². The highest BCUT2D eigenvalue weighted by Crippen LogP contribution is 2.21. The van der Waals surface area contributed by atoms with Crippen molar-refractivity contribution in [3.63, 3.8) is 0 Å². The molecule has 1 N–H and O–H groups in total. The molecule has 0 aliphatic heterocycles. The van der Waals surface area contributed by atoms with Gasteiger partial charge in [-0.3, -0.25) is 0 Å². The molecule has 3 rings (SSSR count). The summed E-state index contributed by atoms with van der Waals surface area (Å²) in [5.74, 6) is 1.09. The van der Waals surface area contributed by atoms with Crippen molar-refractivity contribution in [2.45, 2.75) is 26.2 Å². The van der Waals surface area contributed by atoms with E-state index in [-0.39, 0.29) is 0 Å². The number of nitrogens with one attached hydrogen (secondary N) is 1. The van der Waals surface area contributed by atoms with Gasteiger partial charge in [-0.1, -0.05) is 60.7 Å². The minimum atomic E-state index is 0.989. The zero-order valence-electron chi connectivity index (χ0n) is 12.3. The number of rotatable bonds is 5. The minimum absolute atomic E-state index is 0.989. The van der Waals surface area contributed by atoms with Gasteiger partial charge in [0.15, 0.2) is 0 Å². The van der Waals surface area contributed by atoms with Gasteiger partial charge in [0, 0.05) is 17.7 Å². The first-order chi connectivity index (χ1) is 10.3. The van der Waals surface area contributed by atoms with Crippen molar-refractivity contribution in [3.05, 3.63) is 77.7 Å². The monoisotopic (exact) mass is 276 g/mol. The van der Waals surface area contributed by atoms with E-state index in [0.717, 1.165) is 36.5 Å². The zero-order valence-corrected chi connectivity index (χ0v) is 12.3. The Bertz CT molecular complexity index is 684. The summed E-state index contributed by atoms with van der Waals surface area (Å²) in [6, 6.07) is 21.0. The van der Waals surface area contributed by atoms with E-state index in [4.69, 9.17) is 4.98 Å². The molecule has 0 saturated heterocycles. The average Bonchev–Trinajstić information content (AvgIpc) is 2.90. The van der Waals surface area contributed by atoms with Gasteiger partial charge in [0.1, 0.15) is 5.82 Å². The maximum atomic E-state index is 4.76. The van der Waals surface area contributed by atoms with Gasteiger partial charge in [-0.25, -0.2) is 4.98 Å². The van der Waals surface area contributed by atoms with Gasteiger partial charge in [-0.05, 0) is 25.3 Å². The predicted molar refractivity (Wildman–Crippen MR) is 87.2 cm³/mol.